The molecular weight excluding hydrogens is 378 g/mol. The second kappa shape index (κ2) is 9.24. The Balaban J connectivity index is 1.49. The molecule has 166 valence electrons. The second-order valence-corrected chi connectivity index (χ2v) is 9.16. The molecular formula is C21H36F2N4O2. The van der Waals surface area contributed by atoms with Crippen LogP contribution in [0.25, 0.3) is 0 Å². The van der Waals surface area contributed by atoms with Crippen LogP contribution in [0.3, 0.4) is 0 Å². The van der Waals surface area contributed by atoms with Crippen molar-refractivity contribution < 1.29 is 18.3 Å². The van der Waals surface area contributed by atoms with Gasteiger partial charge in [0.2, 0.25) is 0 Å². The quantitative estimate of drug-likeness (QED) is 0.604. The lowest BCUT2D eigenvalue weighted by Crippen LogP contribution is -2.66. The number of ether oxygens (including phenoxy) is 2. The SMILES string of the molecule is CNC1CC(NC2CC3OCOC3C(C3=CCN(C)CCC3)C2F)NC(C)C1F. The molecule has 3 N–H and O–H groups in total. The number of hydrogen-bond acceptors (Lipinski definition) is 6. The van der Waals surface area contributed by atoms with Crippen molar-refractivity contribution in [1.29, 1.82) is 0 Å². The molecule has 0 bridgehead atoms. The van der Waals surface area contributed by atoms with Gasteiger partial charge in [-0.3, -0.25) is 10.6 Å². The Kier molecular flexibility index (Phi) is 6.88. The van der Waals surface area contributed by atoms with Gasteiger partial charge in [-0.05, 0) is 53.2 Å². The summed E-state index contributed by atoms with van der Waals surface area (Å²) in [5.41, 5.74) is 1.16. The summed E-state index contributed by atoms with van der Waals surface area (Å²) in [6, 6.07) is -0.863. The highest BCUT2D eigenvalue weighted by Gasteiger charge is 2.51. The van der Waals surface area contributed by atoms with Crippen molar-refractivity contribution in [2.75, 3.05) is 34.0 Å². The lowest BCUT2D eigenvalue weighted by Gasteiger charge is -2.44. The smallest absolute Gasteiger partial charge is 0.147 e. The molecule has 0 spiro atoms. The van der Waals surface area contributed by atoms with E-state index in [0.29, 0.717) is 12.8 Å². The fourth-order valence-electron chi connectivity index (χ4n) is 5.52. The Morgan fingerprint density at radius 2 is 2.00 bits per heavy atom. The van der Waals surface area contributed by atoms with E-state index in [9.17, 15) is 4.39 Å². The minimum Gasteiger partial charge on any atom is -0.349 e. The van der Waals surface area contributed by atoms with E-state index in [1.165, 1.54) is 0 Å². The van der Waals surface area contributed by atoms with Gasteiger partial charge < -0.3 is 19.7 Å². The van der Waals surface area contributed by atoms with Gasteiger partial charge in [-0.25, -0.2) is 8.78 Å². The second-order valence-electron chi connectivity index (χ2n) is 9.16. The summed E-state index contributed by atoms with van der Waals surface area (Å²) in [4.78, 5) is 2.26. The molecule has 0 aromatic rings. The summed E-state index contributed by atoms with van der Waals surface area (Å²) in [5.74, 6) is -0.282. The van der Waals surface area contributed by atoms with Crippen molar-refractivity contribution >= 4 is 0 Å². The van der Waals surface area contributed by atoms with Gasteiger partial charge in [-0.2, -0.15) is 0 Å². The summed E-state index contributed by atoms with van der Waals surface area (Å²) in [6.45, 7) is 3.95. The Hall–Kier alpha value is -0.640. The predicted molar refractivity (Wildman–Crippen MR) is 108 cm³/mol. The van der Waals surface area contributed by atoms with Crippen LogP contribution in [0.2, 0.25) is 0 Å². The molecule has 3 heterocycles. The van der Waals surface area contributed by atoms with Gasteiger partial charge in [0, 0.05) is 30.6 Å². The van der Waals surface area contributed by atoms with Crippen LogP contribution in [0.15, 0.2) is 11.6 Å². The normalized spacial score (nSPS) is 46.8. The number of piperidine rings is 1. The Labute approximate surface area is 172 Å². The van der Waals surface area contributed by atoms with Gasteiger partial charge in [-0.15, -0.1) is 0 Å². The average Bonchev–Trinajstić information content (AvgIpc) is 3.05. The van der Waals surface area contributed by atoms with Crippen molar-refractivity contribution in [2.24, 2.45) is 5.92 Å². The van der Waals surface area contributed by atoms with Crippen LogP contribution in [0.4, 0.5) is 8.78 Å². The summed E-state index contributed by atoms with van der Waals surface area (Å²) in [7, 11) is 3.88. The van der Waals surface area contributed by atoms with Gasteiger partial charge in [-0.1, -0.05) is 11.6 Å². The van der Waals surface area contributed by atoms with Crippen LogP contribution in [0.1, 0.15) is 32.6 Å². The van der Waals surface area contributed by atoms with Crippen molar-refractivity contribution in [3.63, 3.8) is 0 Å². The number of halogens is 2. The fourth-order valence-corrected chi connectivity index (χ4v) is 5.52. The van der Waals surface area contributed by atoms with Crippen LogP contribution < -0.4 is 16.0 Å². The first-order valence-corrected chi connectivity index (χ1v) is 11.1. The van der Waals surface area contributed by atoms with Gasteiger partial charge in [0.15, 0.2) is 0 Å². The van der Waals surface area contributed by atoms with E-state index in [-0.39, 0.29) is 49.2 Å². The maximum absolute atomic E-state index is 15.9. The maximum Gasteiger partial charge on any atom is 0.147 e. The van der Waals surface area contributed by atoms with E-state index >= 15 is 4.39 Å². The van der Waals surface area contributed by atoms with Gasteiger partial charge in [0.05, 0.1) is 18.4 Å². The highest BCUT2D eigenvalue weighted by Crippen LogP contribution is 2.41. The molecule has 0 radical (unpaired) electrons. The van der Waals surface area contributed by atoms with Gasteiger partial charge in [0.25, 0.3) is 0 Å². The Morgan fingerprint density at radius 3 is 2.79 bits per heavy atom. The molecule has 9 atom stereocenters. The van der Waals surface area contributed by atoms with E-state index in [4.69, 9.17) is 9.47 Å². The molecule has 8 heteroatoms. The third-order valence-corrected chi connectivity index (χ3v) is 7.18. The van der Waals surface area contributed by atoms with Crippen LogP contribution in [0, 0.1) is 5.92 Å². The largest absolute Gasteiger partial charge is 0.349 e. The molecule has 4 aliphatic rings. The molecule has 3 fully saturated rings. The van der Waals surface area contributed by atoms with E-state index in [0.717, 1.165) is 31.5 Å². The lowest BCUT2D eigenvalue weighted by molar-refractivity contribution is -0.0114. The minimum atomic E-state index is -1.05. The highest BCUT2D eigenvalue weighted by atomic mass is 19.1. The van der Waals surface area contributed by atoms with Crippen LogP contribution in [0.5, 0.6) is 0 Å². The van der Waals surface area contributed by atoms with E-state index in [1.807, 2.05) is 6.92 Å². The van der Waals surface area contributed by atoms with Crippen molar-refractivity contribution in [2.45, 2.75) is 81.4 Å². The zero-order valence-corrected chi connectivity index (χ0v) is 17.7. The maximum atomic E-state index is 15.9. The average molecular weight is 415 g/mol. The monoisotopic (exact) mass is 414 g/mol. The van der Waals surface area contributed by atoms with Crippen LogP contribution >= 0.6 is 0 Å². The zero-order valence-electron chi connectivity index (χ0n) is 17.7. The molecule has 6 nitrogen and oxygen atoms in total. The summed E-state index contributed by atoms with van der Waals surface area (Å²) >= 11 is 0. The number of alkyl halides is 2. The number of nitrogens with one attached hydrogen (secondary N) is 3. The standard InChI is InChI=1S/C21H36F2N4O2/c1-12-19(22)14(24-2)10-17(25-12)26-15-9-16-21(29-11-28-16)18(20(15)23)13-5-4-7-27(3)8-6-13/h6,12,14-21,24-26H,4-5,7-11H2,1-3H3. The van der Waals surface area contributed by atoms with Crippen LogP contribution in [-0.4, -0.2) is 87.7 Å². The number of rotatable bonds is 4. The summed E-state index contributed by atoms with van der Waals surface area (Å²) in [5, 5.41) is 9.81. The van der Waals surface area contributed by atoms with Gasteiger partial charge in [0.1, 0.15) is 19.1 Å². The van der Waals surface area contributed by atoms with Crippen LogP contribution in [-0.2, 0) is 9.47 Å². The van der Waals surface area contributed by atoms with Gasteiger partial charge >= 0.3 is 0 Å². The molecule has 1 aliphatic carbocycles. The molecule has 0 amide bonds. The summed E-state index contributed by atoms with van der Waals surface area (Å²) in [6.07, 6.45) is 2.83. The molecule has 3 aliphatic heterocycles. The molecule has 0 aromatic carbocycles. The first-order chi connectivity index (χ1) is 14.0. The number of hydrogen-bond donors (Lipinski definition) is 3. The third kappa shape index (κ3) is 4.52. The first kappa shape index (κ1) is 21.6. The van der Waals surface area contributed by atoms with E-state index < -0.39 is 12.3 Å². The Morgan fingerprint density at radius 1 is 1.17 bits per heavy atom. The number of likely N-dealkylation sites (N-methyl/N-ethyl adjacent to an activating group) is 1. The topological polar surface area (TPSA) is 57.8 Å². The number of nitrogens with zero attached hydrogens (tertiary/aromatic N) is 1. The Bertz CT molecular complexity index is 595. The number of fused-ring (bicyclic) bond motifs is 1. The van der Waals surface area contributed by atoms with E-state index in [2.05, 4.69) is 34.0 Å². The van der Waals surface area contributed by atoms with Crippen molar-refractivity contribution in [1.82, 2.24) is 20.9 Å². The molecule has 4 rings (SSSR count). The fraction of sp³-hybridized carbons (Fsp3) is 0.905. The molecule has 1 saturated carbocycles. The zero-order chi connectivity index (χ0) is 20.5. The van der Waals surface area contributed by atoms with E-state index in [1.54, 1.807) is 7.05 Å². The highest BCUT2D eigenvalue weighted by molar-refractivity contribution is 5.19. The van der Waals surface area contributed by atoms with Crippen molar-refractivity contribution in [3.05, 3.63) is 11.6 Å². The van der Waals surface area contributed by atoms with Crippen molar-refractivity contribution in [3.8, 4) is 0 Å². The molecule has 9 unspecified atom stereocenters. The first-order valence-electron chi connectivity index (χ1n) is 11.1. The molecule has 0 aromatic heterocycles. The third-order valence-electron chi connectivity index (χ3n) is 7.18. The summed E-state index contributed by atoms with van der Waals surface area (Å²) < 4.78 is 41.9. The molecule has 2 saturated heterocycles. The minimum absolute atomic E-state index is 0.0959. The lowest BCUT2D eigenvalue weighted by atomic mass is 9.74. The molecule has 29 heavy (non-hydrogen) atoms. The predicted octanol–water partition coefficient (Wildman–Crippen LogP) is 1.33.